The highest BCUT2D eigenvalue weighted by Gasteiger charge is 2.21. The Labute approximate surface area is 116 Å². The van der Waals surface area contributed by atoms with E-state index in [9.17, 15) is 0 Å². The maximum absolute atomic E-state index is 9.15. The van der Waals surface area contributed by atoms with Crippen molar-refractivity contribution in [1.82, 2.24) is 0 Å². The van der Waals surface area contributed by atoms with Gasteiger partial charge in [-0.05, 0) is 44.4 Å². The summed E-state index contributed by atoms with van der Waals surface area (Å²) in [6.07, 6.45) is 4.17. The summed E-state index contributed by atoms with van der Waals surface area (Å²) in [6, 6.07) is 8.25. The molecule has 3 N–H and O–H groups in total. The Hall–Kier alpha value is -1.06. The van der Waals surface area contributed by atoms with Crippen LogP contribution < -0.4 is 10.5 Å². The third-order valence-electron chi connectivity index (χ3n) is 3.19. The van der Waals surface area contributed by atoms with Gasteiger partial charge >= 0.3 is 0 Å². The number of ether oxygens (including phenoxy) is 1. The summed E-state index contributed by atoms with van der Waals surface area (Å²) in [4.78, 5) is 0. The van der Waals surface area contributed by atoms with E-state index in [1.54, 1.807) is 0 Å². The average molecular weight is 265 g/mol. The van der Waals surface area contributed by atoms with Gasteiger partial charge in [0, 0.05) is 12.0 Å². The summed E-state index contributed by atoms with van der Waals surface area (Å²) in [7, 11) is 0. The molecule has 0 amide bonds. The molecule has 1 aromatic rings. The van der Waals surface area contributed by atoms with Gasteiger partial charge in [0.2, 0.25) is 0 Å². The molecule has 0 spiro atoms. The van der Waals surface area contributed by atoms with Crippen molar-refractivity contribution in [3.05, 3.63) is 29.8 Å². The number of hydrogen-bond donors (Lipinski definition) is 2. The molecule has 3 nitrogen and oxygen atoms in total. The molecule has 0 heterocycles. The Morgan fingerprint density at radius 1 is 1.32 bits per heavy atom. The number of benzene rings is 1. The summed E-state index contributed by atoms with van der Waals surface area (Å²) in [6.45, 7) is 5.98. The van der Waals surface area contributed by atoms with E-state index in [-0.39, 0.29) is 12.7 Å². The zero-order valence-corrected chi connectivity index (χ0v) is 12.4. The van der Waals surface area contributed by atoms with Gasteiger partial charge in [0.15, 0.2) is 0 Å². The third kappa shape index (κ3) is 6.08. The number of hydrogen-bond acceptors (Lipinski definition) is 3. The number of rotatable bonds is 8. The molecule has 0 fully saturated rings. The number of aryl methyl sites for hydroxylation is 1. The fourth-order valence-corrected chi connectivity index (χ4v) is 2.11. The van der Waals surface area contributed by atoms with Crippen molar-refractivity contribution in [3.8, 4) is 5.75 Å². The van der Waals surface area contributed by atoms with Gasteiger partial charge in [-0.1, -0.05) is 25.5 Å². The quantitative estimate of drug-likeness (QED) is 0.760. The van der Waals surface area contributed by atoms with Gasteiger partial charge in [-0.3, -0.25) is 0 Å². The number of aliphatic hydroxyl groups is 1. The van der Waals surface area contributed by atoms with Crippen LogP contribution in [0, 0.1) is 0 Å². The van der Waals surface area contributed by atoms with Crippen molar-refractivity contribution in [1.29, 1.82) is 0 Å². The van der Waals surface area contributed by atoms with Crippen LogP contribution in [0.5, 0.6) is 5.75 Å². The first kappa shape index (κ1) is 16.0. The normalized spacial score (nSPS) is 15.8. The van der Waals surface area contributed by atoms with Crippen LogP contribution in [0.4, 0.5) is 0 Å². The second-order valence-corrected chi connectivity index (χ2v) is 5.69. The fourth-order valence-electron chi connectivity index (χ4n) is 2.11. The third-order valence-corrected chi connectivity index (χ3v) is 3.19. The van der Waals surface area contributed by atoms with Gasteiger partial charge in [-0.15, -0.1) is 0 Å². The van der Waals surface area contributed by atoms with Gasteiger partial charge in [0.05, 0.1) is 12.7 Å². The van der Waals surface area contributed by atoms with Crippen molar-refractivity contribution >= 4 is 0 Å². The summed E-state index contributed by atoms with van der Waals surface area (Å²) >= 11 is 0. The highest BCUT2D eigenvalue weighted by molar-refractivity contribution is 5.27. The highest BCUT2D eigenvalue weighted by atomic mass is 16.5. The molecule has 19 heavy (non-hydrogen) atoms. The molecule has 0 radical (unpaired) electrons. The minimum atomic E-state index is -0.583. The molecule has 0 saturated heterocycles. The molecular formula is C16H27NO2. The first-order chi connectivity index (χ1) is 8.96. The molecule has 0 aliphatic carbocycles. The minimum Gasteiger partial charge on any atom is -0.491 e. The largest absolute Gasteiger partial charge is 0.491 e. The lowest BCUT2D eigenvalue weighted by molar-refractivity contribution is 0.133. The number of aliphatic hydroxyl groups excluding tert-OH is 1. The average Bonchev–Trinajstić information content (AvgIpc) is 2.37. The van der Waals surface area contributed by atoms with E-state index < -0.39 is 5.54 Å². The van der Waals surface area contributed by atoms with E-state index in [2.05, 4.69) is 19.1 Å². The topological polar surface area (TPSA) is 55.5 Å². The zero-order chi connectivity index (χ0) is 14.3. The summed E-state index contributed by atoms with van der Waals surface area (Å²) in [5, 5.41) is 9.15. The first-order valence-electron chi connectivity index (χ1n) is 7.12. The van der Waals surface area contributed by atoms with Crippen LogP contribution in [0.15, 0.2) is 24.3 Å². The van der Waals surface area contributed by atoms with E-state index >= 15 is 0 Å². The van der Waals surface area contributed by atoms with Gasteiger partial charge in [0.25, 0.3) is 0 Å². The van der Waals surface area contributed by atoms with Crippen LogP contribution in [0.25, 0.3) is 0 Å². The number of nitrogens with two attached hydrogens (primary N) is 1. The highest BCUT2D eigenvalue weighted by Crippen LogP contribution is 2.18. The summed E-state index contributed by atoms with van der Waals surface area (Å²) < 4.78 is 5.82. The van der Waals surface area contributed by atoms with Crippen molar-refractivity contribution in [2.45, 2.75) is 58.1 Å². The molecule has 0 aliphatic heterocycles. The molecule has 1 aromatic carbocycles. The van der Waals surface area contributed by atoms with Gasteiger partial charge < -0.3 is 15.6 Å². The molecule has 0 saturated carbocycles. The molecular weight excluding hydrogens is 238 g/mol. The molecule has 108 valence electrons. The van der Waals surface area contributed by atoms with Gasteiger partial charge in [-0.2, -0.15) is 0 Å². The maximum atomic E-state index is 9.15. The Balaban J connectivity index is 2.48. The number of unbranched alkanes of at least 4 members (excludes halogenated alkanes) is 1. The lowest BCUT2D eigenvalue weighted by Crippen LogP contribution is -2.43. The monoisotopic (exact) mass is 265 g/mol. The van der Waals surface area contributed by atoms with Gasteiger partial charge in [-0.25, -0.2) is 0 Å². The fraction of sp³-hybridized carbons (Fsp3) is 0.625. The second kappa shape index (κ2) is 7.51. The predicted molar refractivity (Wildman–Crippen MR) is 79.4 cm³/mol. The predicted octanol–water partition coefficient (Wildman–Crippen LogP) is 2.90. The van der Waals surface area contributed by atoms with Crippen molar-refractivity contribution in [2.24, 2.45) is 5.73 Å². The second-order valence-electron chi connectivity index (χ2n) is 5.69. The summed E-state index contributed by atoms with van der Waals surface area (Å²) in [5.41, 5.74) is 6.68. The maximum Gasteiger partial charge on any atom is 0.119 e. The smallest absolute Gasteiger partial charge is 0.119 e. The van der Waals surface area contributed by atoms with Crippen LogP contribution in [0.2, 0.25) is 0 Å². The van der Waals surface area contributed by atoms with Crippen LogP contribution in [0.1, 0.15) is 45.6 Å². The minimum absolute atomic E-state index is 0.0105. The van der Waals surface area contributed by atoms with E-state index in [0.717, 1.165) is 12.2 Å². The van der Waals surface area contributed by atoms with Crippen molar-refractivity contribution < 1.29 is 9.84 Å². The lowest BCUT2D eigenvalue weighted by atomic mass is 9.97. The molecule has 2 atom stereocenters. The Morgan fingerprint density at radius 2 is 1.95 bits per heavy atom. The zero-order valence-electron chi connectivity index (χ0n) is 12.4. The Kier molecular flexibility index (Phi) is 6.32. The van der Waals surface area contributed by atoms with Gasteiger partial charge in [0.1, 0.15) is 5.75 Å². The Bertz CT molecular complexity index is 360. The molecule has 2 unspecified atom stereocenters. The molecule has 0 bridgehead atoms. The van der Waals surface area contributed by atoms with Crippen LogP contribution >= 0.6 is 0 Å². The van der Waals surface area contributed by atoms with E-state index in [4.69, 9.17) is 15.6 Å². The van der Waals surface area contributed by atoms with Crippen molar-refractivity contribution in [2.75, 3.05) is 6.61 Å². The summed E-state index contributed by atoms with van der Waals surface area (Å²) in [5.74, 6) is 0.862. The van der Waals surface area contributed by atoms with E-state index in [0.29, 0.717) is 6.42 Å². The van der Waals surface area contributed by atoms with E-state index in [1.807, 2.05) is 26.0 Å². The van der Waals surface area contributed by atoms with Crippen LogP contribution in [-0.4, -0.2) is 23.4 Å². The Morgan fingerprint density at radius 3 is 2.47 bits per heavy atom. The lowest BCUT2D eigenvalue weighted by Gasteiger charge is -2.26. The SMILES string of the molecule is CCCCc1ccc(OC(C)CC(C)(N)CO)cc1. The van der Waals surface area contributed by atoms with Crippen molar-refractivity contribution in [3.63, 3.8) is 0 Å². The van der Waals surface area contributed by atoms with E-state index in [1.165, 1.54) is 18.4 Å². The first-order valence-corrected chi connectivity index (χ1v) is 7.12. The van der Waals surface area contributed by atoms with Crippen LogP contribution in [0.3, 0.4) is 0 Å². The van der Waals surface area contributed by atoms with Crippen LogP contribution in [-0.2, 0) is 6.42 Å². The molecule has 3 heteroatoms. The molecule has 1 rings (SSSR count). The standard InChI is InChI=1S/C16H27NO2/c1-4-5-6-14-7-9-15(10-8-14)19-13(2)11-16(3,17)12-18/h7-10,13,18H,4-6,11-12,17H2,1-3H3. The molecule has 0 aliphatic rings. The molecule has 0 aromatic heterocycles.